The number of benzene rings is 2. The van der Waals surface area contributed by atoms with E-state index in [2.05, 4.69) is 28.4 Å². The van der Waals surface area contributed by atoms with Crippen LogP contribution >= 0.6 is 0 Å². The van der Waals surface area contributed by atoms with Gasteiger partial charge in [0.1, 0.15) is 11.9 Å². The van der Waals surface area contributed by atoms with Crippen molar-refractivity contribution in [2.24, 2.45) is 0 Å². The van der Waals surface area contributed by atoms with Gasteiger partial charge in [0.25, 0.3) is 0 Å². The lowest BCUT2D eigenvalue weighted by Gasteiger charge is -2.26. The third kappa shape index (κ3) is 4.67. The summed E-state index contributed by atoms with van der Waals surface area (Å²) >= 11 is 0. The van der Waals surface area contributed by atoms with E-state index in [1.54, 1.807) is 0 Å². The first-order chi connectivity index (χ1) is 13.3. The topological polar surface area (TPSA) is 50.8 Å². The molecule has 2 heterocycles. The molecule has 5 heteroatoms. The van der Waals surface area contributed by atoms with Crippen LogP contribution in [0, 0.1) is 0 Å². The molecule has 142 valence electrons. The van der Waals surface area contributed by atoms with Gasteiger partial charge in [-0.15, -0.1) is 0 Å². The van der Waals surface area contributed by atoms with Gasteiger partial charge in [0.05, 0.1) is 6.54 Å². The van der Waals surface area contributed by atoms with Crippen molar-refractivity contribution in [1.82, 2.24) is 10.2 Å². The first-order valence-electron chi connectivity index (χ1n) is 9.67. The van der Waals surface area contributed by atoms with Crippen molar-refractivity contribution >= 4 is 5.91 Å². The highest BCUT2D eigenvalue weighted by molar-refractivity contribution is 5.78. The van der Waals surface area contributed by atoms with Gasteiger partial charge < -0.3 is 14.8 Å². The van der Waals surface area contributed by atoms with Gasteiger partial charge in [0, 0.05) is 37.9 Å². The molecule has 2 aliphatic heterocycles. The van der Waals surface area contributed by atoms with E-state index >= 15 is 0 Å². The molecule has 0 spiro atoms. The summed E-state index contributed by atoms with van der Waals surface area (Å²) in [5.74, 6) is 0.979. The summed E-state index contributed by atoms with van der Waals surface area (Å²) in [7, 11) is 0. The van der Waals surface area contributed by atoms with E-state index < -0.39 is 0 Å². The van der Waals surface area contributed by atoms with E-state index in [-0.39, 0.29) is 18.1 Å². The van der Waals surface area contributed by atoms with Crippen LogP contribution < -0.4 is 10.1 Å². The van der Waals surface area contributed by atoms with Crippen LogP contribution in [0.5, 0.6) is 5.75 Å². The van der Waals surface area contributed by atoms with Gasteiger partial charge in [-0.05, 0) is 24.5 Å². The van der Waals surface area contributed by atoms with Gasteiger partial charge in [0.15, 0.2) is 0 Å². The fourth-order valence-corrected chi connectivity index (χ4v) is 3.76. The lowest BCUT2D eigenvalue weighted by atomic mass is 10.1. The molecule has 2 aliphatic rings. The molecule has 0 aliphatic carbocycles. The van der Waals surface area contributed by atoms with E-state index in [1.807, 2.05) is 36.4 Å². The molecule has 4 rings (SSSR count). The third-order valence-corrected chi connectivity index (χ3v) is 5.18. The maximum atomic E-state index is 12.6. The maximum Gasteiger partial charge on any atom is 0.234 e. The number of rotatable bonds is 4. The number of nitrogens with one attached hydrogen (secondary N) is 1. The van der Waals surface area contributed by atoms with E-state index in [0.717, 1.165) is 42.9 Å². The van der Waals surface area contributed by atoms with Gasteiger partial charge in [-0.2, -0.15) is 0 Å². The van der Waals surface area contributed by atoms with Gasteiger partial charge >= 0.3 is 0 Å². The summed E-state index contributed by atoms with van der Waals surface area (Å²) < 4.78 is 11.7. The number of hydrogen-bond donors (Lipinski definition) is 1. The fourth-order valence-electron chi connectivity index (χ4n) is 3.76. The van der Waals surface area contributed by atoms with Crippen molar-refractivity contribution in [1.29, 1.82) is 0 Å². The lowest BCUT2D eigenvalue weighted by Crippen LogP contribution is -2.44. The molecule has 27 heavy (non-hydrogen) atoms. The second-order valence-corrected chi connectivity index (χ2v) is 7.25. The normalized spacial score (nSPS) is 21.0. The second-order valence-electron chi connectivity index (χ2n) is 7.25. The van der Waals surface area contributed by atoms with Crippen molar-refractivity contribution in [3.8, 4) is 5.75 Å². The number of ether oxygens (including phenoxy) is 2. The summed E-state index contributed by atoms with van der Waals surface area (Å²) in [6, 6.07) is 18.6. The number of nitrogens with zero attached hydrogens (tertiary/aromatic N) is 1. The average Bonchev–Trinajstić information content (AvgIpc) is 2.88. The number of fused-ring (bicyclic) bond motifs is 1. The molecule has 1 atom stereocenters. The maximum absolute atomic E-state index is 12.6. The predicted molar refractivity (Wildman–Crippen MR) is 104 cm³/mol. The molecule has 1 N–H and O–H groups in total. The summed E-state index contributed by atoms with van der Waals surface area (Å²) in [6.07, 6.45) is 1.69. The van der Waals surface area contributed by atoms with Gasteiger partial charge in [0.2, 0.25) is 5.91 Å². The van der Waals surface area contributed by atoms with Crippen LogP contribution in [0.4, 0.5) is 0 Å². The molecule has 5 nitrogen and oxygen atoms in total. The summed E-state index contributed by atoms with van der Waals surface area (Å²) in [5.41, 5.74) is 2.25. The fraction of sp³-hybridized carbons (Fsp3) is 0.409. The summed E-state index contributed by atoms with van der Waals surface area (Å²) in [4.78, 5) is 14.8. The highest BCUT2D eigenvalue weighted by Gasteiger charge is 2.26. The SMILES string of the molecule is O=C(CN1Cc2ccccc2OC(c2ccccc2)C1)NC1CCOCC1. The Balaban J connectivity index is 1.48. The van der Waals surface area contributed by atoms with Crippen LogP contribution in [0.1, 0.15) is 30.1 Å². The Kier molecular flexibility index (Phi) is 5.70. The number of carbonyl (C=O) groups excluding carboxylic acids is 1. The standard InChI is InChI=1S/C22H26N2O3/c25-22(23-19-10-12-26-13-11-19)16-24-14-18-8-4-5-9-20(18)27-21(15-24)17-6-2-1-3-7-17/h1-9,19,21H,10-16H2,(H,23,25). The molecular weight excluding hydrogens is 340 g/mol. The Bertz CT molecular complexity index is 759. The molecule has 0 saturated carbocycles. The summed E-state index contributed by atoms with van der Waals surface area (Å²) in [6.45, 7) is 3.22. The van der Waals surface area contributed by atoms with Crippen LogP contribution in [-0.4, -0.2) is 43.2 Å². The Hall–Kier alpha value is -2.37. The van der Waals surface area contributed by atoms with Gasteiger partial charge in [-0.3, -0.25) is 9.69 Å². The highest BCUT2D eigenvalue weighted by atomic mass is 16.5. The van der Waals surface area contributed by atoms with Crippen LogP contribution in [-0.2, 0) is 16.1 Å². The first kappa shape index (κ1) is 18.0. The van der Waals surface area contributed by atoms with E-state index in [1.165, 1.54) is 0 Å². The van der Waals surface area contributed by atoms with Gasteiger partial charge in [-0.25, -0.2) is 0 Å². The van der Waals surface area contributed by atoms with Crippen molar-refractivity contribution in [3.05, 3.63) is 65.7 Å². The van der Waals surface area contributed by atoms with Crippen molar-refractivity contribution in [2.75, 3.05) is 26.3 Å². The molecule has 2 aromatic rings. The number of carbonyl (C=O) groups is 1. The molecule has 1 amide bonds. The minimum atomic E-state index is -0.0919. The second kappa shape index (κ2) is 8.55. The average molecular weight is 366 g/mol. The summed E-state index contributed by atoms with van der Waals surface area (Å²) in [5, 5.41) is 3.16. The number of hydrogen-bond acceptors (Lipinski definition) is 4. The highest BCUT2D eigenvalue weighted by Crippen LogP contribution is 2.30. The zero-order valence-corrected chi connectivity index (χ0v) is 15.5. The quantitative estimate of drug-likeness (QED) is 0.904. The minimum absolute atomic E-state index is 0.0769. The van der Waals surface area contributed by atoms with E-state index in [9.17, 15) is 4.79 Å². The smallest absolute Gasteiger partial charge is 0.234 e. The minimum Gasteiger partial charge on any atom is -0.484 e. The number of para-hydroxylation sites is 1. The zero-order chi connectivity index (χ0) is 18.5. The van der Waals surface area contributed by atoms with E-state index in [4.69, 9.17) is 9.47 Å². The monoisotopic (exact) mass is 366 g/mol. The van der Waals surface area contributed by atoms with Crippen molar-refractivity contribution < 1.29 is 14.3 Å². The van der Waals surface area contributed by atoms with Crippen molar-refractivity contribution in [3.63, 3.8) is 0 Å². The van der Waals surface area contributed by atoms with Crippen LogP contribution in [0.15, 0.2) is 54.6 Å². The van der Waals surface area contributed by atoms with Crippen LogP contribution in [0.2, 0.25) is 0 Å². The van der Waals surface area contributed by atoms with Crippen LogP contribution in [0.3, 0.4) is 0 Å². The molecule has 0 aromatic heterocycles. The molecule has 1 fully saturated rings. The predicted octanol–water partition coefficient (Wildman–Crippen LogP) is 2.92. The number of amides is 1. The Morgan fingerprint density at radius 3 is 2.59 bits per heavy atom. The largest absolute Gasteiger partial charge is 0.484 e. The van der Waals surface area contributed by atoms with Gasteiger partial charge in [-0.1, -0.05) is 48.5 Å². The first-order valence-corrected chi connectivity index (χ1v) is 9.67. The molecule has 2 aromatic carbocycles. The molecule has 1 unspecified atom stereocenters. The van der Waals surface area contributed by atoms with Crippen LogP contribution in [0.25, 0.3) is 0 Å². The lowest BCUT2D eigenvalue weighted by molar-refractivity contribution is -0.123. The Morgan fingerprint density at radius 1 is 1.04 bits per heavy atom. The zero-order valence-electron chi connectivity index (χ0n) is 15.5. The Labute approximate surface area is 160 Å². The molecule has 0 bridgehead atoms. The Morgan fingerprint density at radius 2 is 1.78 bits per heavy atom. The molecular formula is C22H26N2O3. The molecule has 1 saturated heterocycles. The van der Waals surface area contributed by atoms with E-state index in [0.29, 0.717) is 19.6 Å². The molecule has 0 radical (unpaired) electrons. The third-order valence-electron chi connectivity index (χ3n) is 5.18. The van der Waals surface area contributed by atoms with Crippen molar-refractivity contribution in [2.45, 2.75) is 31.5 Å².